The van der Waals surface area contributed by atoms with Crippen LogP contribution in [0, 0.1) is 11.8 Å². The van der Waals surface area contributed by atoms with E-state index in [0.717, 1.165) is 13.0 Å². The summed E-state index contributed by atoms with van der Waals surface area (Å²) in [7, 11) is 1.87. The molecule has 2 heteroatoms. The average molecular weight is 163 g/mol. The Balaban J connectivity index is 2.27. The van der Waals surface area contributed by atoms with Gasteiger partial charge in [0.05, 0.1) is 5.92 Å². The van der Waals surface area contributed by atoms with E-state index in [1.54, 1.807) is 0 Å². The Morgan fingerprint density at radius 1 is 1.42 bits per heavy atom. The zero-order chi connectivity index (χ0) is 8.55. The summed E-state index contributed by atoms with van der Waals surface area (Å²) in [5, 5.41) is 0. The van der Waals surface area contributed by atoms with Crippen molar-refractivity contribution in [2.75, 3.05) is 13.6 Å². The molecule has 0 radical (unpaired) electrons. The normalized spacial score (nSPS) is 33.8. The number of nitrogens with zero attached hydrogens (tertiary/aromatic N) is 1. The third kappa shape index (κ3) is 1.07. The smallest absolute Gasteiger partial charge is 0.229 e. The van der Waals surface area contributed by atoms with Crippen molar-refractivity contribution in [2.24, 2.45) is 11.8 Å². The quantitative estimate of drug-likeness (QED) is 0.491. The Kier molecular flexibility index (Phi) is 1.75. The molecule has 2 nitrogen and oxygen atoms in total. The highest BCUT2D eigenvalue weighted by molar-refractivity contribution is 5.83. The molecule has 0 bridgehead atoms. The van der Waals surface area contributed by atoms with E-state index in [2.05, 4.69) is 24.3 Å². The van der Waals surface area contributed by atoms with Gasteiger partial charge in [-0.05, 0) is 6.42 Å². The first kappa shape index (κ1) is 7.59. The van der Waals surface area contributed by atoms with Crippen LogP contribution in [0.5, 0.6) is 0 Å². The standard InChI is InChI=1S/C10H13NO/c1-11-7-8-5-3-2-4-6-9(8)10(11)12/h3-6,8-9H,2,7H2,1H3. The second-order valence-electron chi connectivity index (χ2n) is 3.50. The van der Waals surface area contributed by atoms with Gasteiger partial charge < -0.3 is 4.90 Å². The minimum absolute atomic E-state index is 0.119. The van der Waals surface area contributed by atoms with Gasteiger partial charge in [-0.15, -0.1) is 0 Å². The number of carbonyl (C=O) groups is 1. The molecule has 64 valence electrons. The van der Waals surface area contributed by atoms with E-state index in [4.69, 9.17) is 0 Å². The summed E-state index contributed by atoms with van der Waals surface area (Å²) in [6, 6.07) is 0. The van der Waals surface area contributed by atoms with Crippen molar-refractivity contribution in [3.05, 3.63) is 24.3 Å². The number of allylic oxidation sites excluding steroid dienone is 2. The summed E-state index contributed by atoms with van der Waals surface area (Å²) in [5.41, 5.74) is 0. The lowest BCUT2D eigenvalue weighted by molar-refractivity contribution is -0.128. The number of fused-ring (bicyclic) bond motifs is 1. The van der Waals surface area contributed by atoms with Gasteiger partial charge in [0, 0.05) is 19.5 Å². The molecule has 0 aromatic carbocycles. The van der Waals surface area contributed by atoms with Crippen molar-refractivity contribution in [1.82, 2.24) is 4.90 Å². The highest BCUT2D eigenvalue weighted by Gasteiger charge is 2.35. The van der Waals surface area contributed by atoms with Crippen molar-refractivity contribution < 1.29 is 4.79 Å². The Bertz CT molecular complexity index is 255. The topological polar surface area (TPSA) is 20.3 Å². The fraction of sp³-hybridized carbons (Fsp3) is 0.500. The van der Waals surface area contributed by atoms with Crippen LogP contribution in [0.25, 0.3) is 0 Å². The Labute approximate surface area is 72.6 Å². The van der Waals surface area contributed by atoms with E-state index in [9.17, 15) is 4.79 Å². The number of hydrogen-bond donors (Lipinski definition) is 0. The van der Waals surface area contributed by atoms with Gasteiger partial charge in [0.25, 0.3) is 0 Å². The van der Waals surface area contributed by atoms with Gasteiger partial charge in [-0.3, -0.25) is 4.79 Å². The lowest BCUT2D eigenvalue weighted by Gasteiger charge is -2.06. The van der Waals surface area contributed by atoms with Crippen molar-refractivity contribution in [2.45, 2.75) is 6.42 Å². The number of hydrogen-bond acceptors (Lipinski definition) is 1. The molecular formula is C10H13NO. The first-order chi connectivity index (χ1) is 5.79. The highest BCUT2D eigenvalue weighted by atomic mass is 16.2. The molecule has 0 aromatic heterocycles. The molecule has 0 saturated carbocycles. The summed E-state index contributed by atoms with van der Waals surface area (Å²) in [6.45, 7) is 0.879. The van der Waals surface area contributed by atoms with Gasteiger partial charge in [-0.2, -0.15) is 0 Å². The first-order valence-electron chi connectivity index (χ1n) is 4.37. The van der Waals surface area contributed by atoms with Crippen molar-refractivity contribution in [3.8, 4) is 0 Å². The summed E-state index contributed by atoms with van der Waals surface area (Å²) < 4.78 is 0. The molecule has 2 unspecified atom stereocenters. The van der Waals surface area contributed by atoms with E-state index in [0.29, 0.717) is 5.92 Å². The predicted octanol–water partition coefficient (Wildman–Crippen LogP) is 1.21. The minimum atomic E-state index is 0.119. The summed E-state index contributed by atoms with van der Waals surface area (Å²) in [5.74, 6) is 0.804. The summed E-state index contributed by atoms with van der Waals surface area (Å²) >= 11 is 0. The van der Waals surface area contributed by atoms with Crippen molar-refractivity contribution >= 4 is 5.91 Å². The van der Waals surface area contributed by atoms with Crippen molar-refractivity contribution in [1.29, 1.82) is 0 Å². The third-order valence-electron chi connectivity index (χ3n) is 2.61. The summed E-state index contributed by atoms with van der Waals surface area (Å²) in [4.78, 5) is 13.3. The molecule has 1 amide bonds. The Morgan fingerprint density at radius 2 is 2.17 bits per heavy atom. The Morgan fingerprint density at radius 3 is 3.00 bits per heavy atom. The monoisotopic (exact) mass is 163 g/mol. The molecule has 1 heterocycles. The van der Waals surface area contributed by atoms with E-state index in [1.165, 1.54) is 0 Å². The number of amides is 1. The van der Waals surface area contributed by atoms with E-state index >= 15 is 0 Å². The maximum atomic E-state index is 11.5. The largest absolute Gasteiger partial charge is 0.345 e. The molecule has 12 heavy (non-hydrogen) atoms. The lowest BCUT2D eigenvalue weighted by atomic mass is 9.96. The number of likely N-dealkylation sites (tertiary alicyclic amines) is 1. The van der Waals surface area contributed by atoms with Gasteiger partial charge in [0.1, 0.15) is 0 Å². The van der Waals surface area contributed by atoms with E-state index in [-0.39, 0.29) is 11.8 Å². The second-order valence-corrected chi connectivity index (χ2v) is 3.50. The number of carbonyl (C=O) groups excluding carboxylic acids is 1. The van der Waals surface area contributed by atoms with Crippen molar-refractivity contribution in [3.63, 3.8) is 0 Å². The fourth-order valence-electron chi connectivity index (χ4n) is 1.92. The maximum absolute atomic E-state index is 11.5. The van der Waals surface area contributed by atoms with Gasteiger partial charge in [-0.25, -0.2) is 0 Å². The van der Waals surface area contributed by atoms with E-state index < -0.39 is 0 Å². The maximum Gasteiger partial charge on any atom is 0.229 e. The van der Waals surface area contributed by atoms with Crippen LogP contribution in [0.3, 0.4) is 0 Å². The van der Waals surface area contributed by atoms with Crippen LogP contribution in [0.2, 0.25) is 0 Å². The first-order valence-corrected chi connectivity index (χ1v) is 4.37. The zero-order valence-corrected chi connectivity index (χ0v) is 7.23. The molecule has 1 saturated heterocycles. The summed E-state index contributed by atoms with van der Waals surface area (Å²) in [6.07, 6.45) is 9.43. The van der Waals surface area contributed by atoms with E-state index in [1.807, 2.05) is 11.9 Å². The minimum Gasteiger partial charge on any atom is -0.345 e. The number of rotatable bonds is 0. The molecule has 0 aromatic rings. The SMILES string of the molecule is CN1CC2C=CCC=CC2C1=O. The molecule has 2 aliphatic rings. The van der Waals surface area contributed by atoms with Crippen LogP contribution < -0.4 is 0 Å². The van der Waals surface area contributed by atoms with Crippen LogP contribution in [-0.4, -0.2) is 24.4 Å². The molecule has 2 rings (SSSR count). The van der Waals surface area contributed by atoms with Gasteiger partial charge in [0.2, 0.25) is 5.91 Å². The van der Waals surface area contributed by atoms with Crippen LogP contribution in [0.4, 0.5) is 0 Å². The zero-order valence-electron chi connectivity index (χ0n) is 7.23. The molecule has 1 aliphatic heterocycles. The fourth-order valence-corrected chi connectivity index (χ4v) is 1.92. The predicted molar refractivity (Wildman–Crippen MR) is 47.5 cm³/mol. The molecule has 1 fully saturated rings. The van der Waals surface area contributed by atoms with Crippen LogP contribution >= 0.6 is 0 Å². The third-order valence-corrected chi connectivity index (χ3v) is 2.61. The second kappa shape index (κ2) is 2.77. The Hall–Kier alpha value is -1.05. The molecule has 2 atom stereocenters. The van der Waals surface area contributed by atoms with Crippen LogP contribution in [-0.2, 0) is 4.79 Å². The van der Waals surface area contributed by atoms with Gasteiger partial charge in [0.15, 0.2) is 0 Å². The average Bonchev–Trinajstić information content (AvgIpc) is 2.30. The highest BCUT2D eigenvalue weighted by Crippen LogP contribution is 2.27. The van der Waals surface area contributed by atoms with Gasteiger partial charge >= 0.3 is 0 Å². The molecular weight excluding hydrogens is 150 g/mol. The lowest BCUT2D eigenvalue weighted by Crippen LogP contribution is -2.21. The molecule has 0 spiro atoms. The van der Waals surface area contributed by atoms with Crippen LogP contribution in [0.15, 0.2) is 24.3 Å². The van der Waals surface area contributed by atoms with Gasteiger partial charge in [-0.1, -0.05) is 24.3 Å². The van der Waals surface area contributed by atoms with Crippen LogP contribution in [0.1, 0.15) is 6.42 Å². The molecule has 0 N–H and O–H groups in total. The molecule has 1 aliphatic carbocycles.